The number of methoxy groups -OCH3 is 1. The Morgan fingerprint density at radius 2 is 1.50 bits per heavy atom. The third kappa shape index (κ3) is 5.39. The first kappa shape index (κ1) is 23.2. The summed E-state index contributed by atoms with van der Waals surface area (Å²) in [6.45, 7) is -0.0657. The fourth-order valence-corrected chi connectivity index (χ4v) is 4.14. The summed E-state index contributed by atoms with van der Waals surface area (Å²) in [6, 6.07) is 33.6. The summed E-state index contributed by atoms with van der Waals surface area (Å²) in [4.78, 5) is 17.2. The number of rotatable bonds is 9. The van der Waals surface area contributed by atoms with Gasteiger partial charge in [-0.2, -0.15) is 0 Å². The number of amides is 1. The number of aryl methyl sites for hydroxylation is 2. The third-order valence-electron chi connectivity index (χ3n) is 5.95. The van der Waals surface area contributed by atoms with Gasteiger partial charge in [-0.1, -0.05) is 42.5 Å². The lowest BCUT2D eigenvalue weighted by molar-refractivity contribution is -0.118. The molecular weight excluding hydrogens is 450 g/mol. The molecule has 36 heavy (non-hydrogen) atoms. The first-order valence-electron chi connectivity index (χ1n) is 11.9. The summed E-state index contributed by atoms with van der Waals surface area (Å²) in [5.41, 5.74) is 5.11. The van der Waals surface area contributed by atoms with Crippen LogP contribution < -0.4 is 14.8 Å². The van der Waals surface area contributed by atoms with E-state index in [2.05, 4.69) is 28.1 Å². The lowest BCUT2D eigenvalue weighted by Crippen LogP contribution is -2.20. The first-order valence-corrected chi connectivity index (χ1v) is 11.9. The van der Waals surface area contributed by atoms with Crippen molar-refractivity contribution in [2.24, 2.45) is 0 Å². The van der Waals surface area contributed by atoms with Crippen LogP contribution >= 0.6 is 0 Å². The van der Waals surface area contributed by atoms with Crippen molar-refractivity contribution < 1.29 is 14.3 Å². The van der Waals surface area contributed by atoms with Gasteiger partial charge in [0.25, 0.3) is 5.91 Å². The number of para-hydroxylation sites is 3. The van der Waals surface area contributed by atoms with Crippen molar-refractivity contribution in [2.45, 2.75) is 12.8 Å². The number of hydrogen-bond donors (Lipinski definition) is 1. The molecule has 5 aromatic rings. The second-order valence-electron chi connectivity index (χ2n) is 8.40. The quantitative estimate of drug-likeness (QED) is 0.290. The maximum absolute atomic E-state index is 12.3. The Balaban J connectivity index is 1.20. The van der Waals surface area contributed by atoms with Gasteiger partial charge in [0, 0.05) is 17.8 Å². The molecule has 0 saturated heterocycles. The van der Waals surface area contributed by atoms with Crippen molar-refractivity contribution in [2.75, 3.05) is 19.0 Å². The number of fused-ring (bicyclic) bond motifs is 1. The lowest BCUT2D eigenvalue weighted by atomic mass is 10.1. The maximum atomic E-state index is 12.3. The fraction of sp³-hybridized carbons (Fsp3) is 0.133. The summed E-state index contributed by atoms with van der Waals surface area (Å²) in [7, 11) is 1.61. The Labute approximate surface area is 210 Å². The third-order valence-corrected chi connectivity index (χ3v) is 5.95. The molecule has 0 aliphatic rings. The Morgan fingerprint density at radius 1 is 0.806 bits per heavy atom. The lowest BCUT2D eigenvalue weighted by Gasteiger charge is -2.10. The zero-order valence-electron chi connectivity index (χ0n) is 20.1. The van der Waals surface area contributed by atoms with Gasteiger partial charge < -0.3 is 14.8 Å². The molecule has 0 aliphatic heterocycles. The smallest absolute Gasteiger partial charge is 0.262 e. The van der Waals surface area contributed by atoms with Crippen LogP contribution in [0.2, 0.25) is 0 Å². The number of imidazole rings is 1. The van der Waals surface area contributed by atoms with E-state index in [1.165, 1.54) is 5.56 Å². The number of carbonyl (C=O) groups excluding carboxylic acids is 1. The molecule has 0 spiro atoms. The van der Waals surface area contributed by atoms with E-state index in [0.717, 1.165) is 46.8 Å². The van der Waals surface area contributed by atoms with Crippen LogP contribution in [0.3, 0.4) is 0 Å². The van der Waals surface area contributed by atoms with E-state index in [-0.39, 0.29) is 12.5 Å². The van der Waals surface area contributed by atoms with Gasteiger partial charge in [-0.05, 0) is 72.6 Å². The summed E-state index contributed by atoms with van der Waals surface area (Å²) < 4.78 is 12.9. The number of benzene rings is 4. The number of hydrogen-bond acceptors (Lipinski definition) is 4. The van der Waals surface area contributed by atoms with Gasteiger partial charge in [0.2, 0.25) is 0 Å². The SMILES string of the molecule is COc1ccc(OCC(=O)Nc2ccc(CCc3nc4ccccc4n3-c3ccccc3)cc2)cc1. The maximum Gasteiger partial charge on any atom is 0.262 e. The molecule has 1 N–H and O–H groups in total. The molecule has 0 saturated carbocycles. The predicted octanol–water partition coefficient (Wildman–Crippen LogP) is 5.84. The highest BCUT2D eigenvalue weighted by Gasteiger charge is 2.12. The van der Waals surface area contributed by atoms with Crippen molar-refractivity contribution in [1.29, 1.82) is 0 Å². The molecule has 180 valence electrons. The second kappa shape index (κ2) is 10.8. The van der Waals surface area contributed by atoms with Crippen molar-refractivity contribution in [1.82, 2.24) is 9.55 Å². The van der Waals surface area contributed by atoms with Gasteiger partial charge >= 0.3 is 0 Å². The van der Waals surface area contributed by atoms with Crippen LogP contribution in [0.4, 0.5) is 5.69 Å². The standard InChI is InChI=1S/C30H27N3O3/c1-35-25-16-18-26(19-17-25)36-21-30(34)31-23-14-11-22(12-15-23)13-20-29-32-27-9-5-6-10-28(27)33(29)24-7-3-2-4-8-24/h2-12,14-19H,13,20-21H2,1H3,(H,31,34). The Kier molecular flexibility index (Phi) is 6.94. The van der Waals surface area contributed by atoms with Gasteiger partial charge in [-0.3, -0.25) is 9.36 Å². The molecular formula is C30H27N3O3. The summed E-state index contributed by atoms with van der Waals surface area (Å²) >= 11 is 0. The highest BCUT2D eigenvalue weighted by Crippen LogP contribution is 2.23. The Hall–Kier alpha value is -4.58. The Morgan fingerprint density at radius 3 is 2.25 bits per heavy atom. The summed E-state index contributed by atoms with van der Waals surface area (Å²) in [6.07, 6.45) is 1.63. The van der Waals surface area contributed by atoms with Crippen molar-refractivity contribution in [3.8, 4) is 17.2 Å². The van der Waals surface area contributed by atoms with E-state index in [1.54, 1.807) is 31.4 Å². The molecule has 6 heteroatoms. The number of ether oxygens (including phenoxy) is 2. The number of anilines is 1. The van der Waals surface area contributed by atoms with E-state index in [0.29, 0.717) is 5.75 Å². The highest BCUT2D eigenvalue weighted by atomic mass is 16.5. The zero-order valence-corrected chi connectivity index (χ0v) is 20.1. The monoisotopic (exact) mass is 477 g/mol. The number of carbonyl (C=O) groups is 1. The number of aromatic nitrogens is 2. The average molecular weight is 478 g/mol. The second-order valence-corrected chi connectivity index (χ2v) is 8.40. The molecule has 1 amide bonds. The molecule has 6 nitrogen and oxygen atoms in total. The summed E-state index contributed by atoms with van der Waals surface area (Å²) in [5, 5.41) is 2.88. The van der Waals surface area contributed by atoms with E-state index in [9.17, 15) is 4.79 Å². The minimum atomic E-state index is -0.213. The van der Waals surface area contributed by atoms with Crippen LogP contribution in [-0.4, -0.2) is 29.2 Å². The first-order chi connectivity index (χ1) is 17.7. The molecule has 0 bridgehead atoms. The van der Waals surface area contributed by atoms with Gasteiger partial charge in [-0.15, -0.1) is 0 Å². The van der Waals surface area contributed by atoms with Crippen LogP contribution in [0.15, 0.2) is 103 Å². The van der Waals surface area contributed by atoms with Crippen LogP contribution in [-0.2, 0) is 17.6 Å². The van der Waals surface area contributed by atoms with Crippen molar-refractivity contribution in [3.05, 3.63) is 115 Å². The topological polar surface area (TPSA) is 65.4 Å². The molecule has 5 rings (SSSR count). The van der Waals surface area contributed by atoms with Gasteiger partial charge in [0.15, 0.2) is 6.61 Å². The molecule has 1 heterocycles. The van der Waals surface area contributed by atoms with E-state index >= 15 is 0 Å². The molecule has 0 atom stereocenters. The highest BCUT2D eigenvalue weighted by molar-refractivity contribution is 5.91. The molecule has 1 aromatic heterocycles. The van der Waals surface area contributed by atoms with E-state index in [1.807, 2.05) is 60.7 Å². The van der Waals surface area contributed by atoms with Crippen molar-refractivity contribution in [3.63, 3.8) is 0 Å². The molecule has 0 fully saturated rings. The predicted molar refractivity (Wildman–Crippen MR) is 142 cm³/mol. The molecule has 4 aromatic carbocycles. The fourth-order valence-electron chi connectivity index (χ4n) is 4.14. The van der Waals surface area contributed by atoms with Crippen LogP contribution in [0.1, 0.15) is 11.4 Å². The normalized spacial score (nSPS) is 10.8. The van der Waals surface area contributed by atoms with Gasteiger partial charge in [0.1, 0.15) is 17.3 Å². The number of nitrogens with zero attached hydrogens (tertiary/aromatic N) is 2. The van der Waals surface area contributed by atoms with Crippen LogP contribution in [0.25, 0.3) is 16.7 Å². The van der Waals surface area contributed by atoms with Crippen LogP contribution in [0.5, 0.6) is 11.5 Å². The van der Waals surface area contributed by atoms with E-state index in [4.69, 9.17) is 14.5 Å². The van der Waals surface area contributed by atoms with E-state index < -0.39 is 0 Å². The van der Waals surface area contributed by atoms with Crippen molar-refractivity contribution >= 4 is 22.6 Å². The minimum Gasteiger partial charge on any atom is -0.497 e. The molecule has 0 unspecified atom stereocenters. The largest absolute Gasteiger partial charge is 0.497 e. The number of nitrogens with one attached hydrogen (secondary N) is 1. The molecule has 0 aliphatic carbocycles. The van der Waals surface area contributed by atoms with Crippen LogP contribution in [0, 0.1) is 0 Å². The minimum absolute atomic E-state index is 0.0657. The Bertz CT molecular complexity index is 1440. The van der Waals surface area contributed by atoms with Gasteiger partial charge in [-0.25, -0.2) is 4.98 Å². The summed E-state index contributed by atoms with van der Waals surface area (Å²) in [5.74, 6) is 2.16. The molecule has 0 radical (unpaired) electrons. The zero-order chi connectivity index (χ0) is 24.7. The average Bonchev–Trinajstić information content (AvgIpc) is 3.31. The van der Waals surface area contributed by atoms with Gasteiger partial charge in [0.05, 0.1) is 18.1 Å².